The maximum Gasteiger partial charge on any atom is 0.226 e. The van der Waals surface area contributed by atoms with Crippen molar-refractivity contribution in [3.8, 4) is 5.75 Å². The largest absolute Gasteiger partial charge is 0.486 e. The number of benzene rings is 1. The molecular formula is C23H32N2O2S. The Labute approximate surface area is 172 Å². The summed E-state index contributed by atoms with van der Waals surface area (Å²) >= 11 is 1.61. The smallest absolute Gasteiger partial charge is 0.226 e. The molecule has 28 heavy (non-hydrogen) atoms. The van der Waals surface area contributed by atoms with Crippen LogP contribution in [-0.4, -0.2) is 22.3 Å². The van der Waals surface area contributed by atoms with Gasteiger partial charge in [0, 0.05) is 17.8 Å². The van der Waals surface area contributed by atoms with Gasteiger partial charge in [-0.25, -0.2) is 4.98 Å². The Morgan fingerprint density at radius 1 is 1.29 bits per heavy atom. The van der Waals surface area contributed by atoms with Crippen LogP contribution in [0.5, 0.6) is 5.75 Å². The molecule has 1 amide bonds. The molecule has 2 aromatic rings. The maximum atomic E-state index is 12.9. The molecule has 1 aromatic heterocycles. The molecule has 0 spiro atoms. The highest BCUT2D eigenvalue weighted by Gasteiger charge is 2.28. The summed E-state index contributed by atoms with van der Waals surface area (Å²) in [5.74, 6) is 1.89. The van der Waals surface area contributed by atoms with E-state index in [0.29, 0.717) is 25.0 Å². The zero-order chi connectivity index (χ0) is 20.1. The van der Waals surface area contributed by atoms with E-state index in [9.17, 15) is 4.79 Å². The number of rotatable bonds is 8. The topological polar surface area (TPSA) is 42.4 Å². The molecule has 1 aliphatic rings. The Morgan fingerprint density at radius 2 is 2.04 bits per heavy atom. The average Bonchev–Trinajstić information content (AvgIpc) is 3.33. The van der Waals surface area contributed by atoms with Crippen LogP contribution in [0, 0.1) is 25.7 Å². The lowest BCUT2D eigenvalue weighted by Gasteiger charge is -2.26. The van der Waals surface area contributed by atoms with Crippen molar-refractivity contribution >= 4 is 17.2 Å². The zero-order valence-corrected chi connectivity index (χ0v) is 18.3. The van der Waals surface area contributed by atoms with Crippen molar-refractivity contribution in [2.45, 2.75) is 66.5 Å². The van der Waals surface area contributed by atoms with Gasteiger partial charge in [0.1, 0.15) is 17.4 Å². The third-order valence-corrected chi connectivity index (χ3v) is 6.33. The van der Waals surface area contributed by atoms with Crippen LogP contribution in [0.4, 0.5) is 0 Å². The van der Waals surface area contributed by atoms with Crippen molar-refractivity contribution in [3.05, 3.63) is 45.4 Å². The first-order chi connectivity index (χ1) is 13.4. The zero-order valence-electron chi connectivity index (χ0n) is 17.5. The number of aryl methyl sites for hydroxylation is 1. The summed E-state index contributed by atoms with van der Waals surface area (Å²) in [6.45, 7) is 10.4. The number of carbonyl (C=O) groups excluding carboxylic acids is 1. The molecular weight excluding hydrogens is 368 g/mol. The van der Waals surface area contributed by atoms with Gasteiger partial charge in [0.2, 0.25) is 5.91 Å². The number of aromatic nitrogens is 1. The molecule has 3 rings (SSSR count). The average molecular weight is 401 g/mol. The Bertz CT molecular complexity index is 794. The van der Waals surface area contributed by atoms with E-state index in [1.165, 1.54) is 24.0 Å². The minimum Gasteiger partial charge on any atom is -0.486 e. The Hall–Kier alpha value is -1.88. The van der Waals surface area contributed by atoms with Gasteiger partial charge in [-0.3, -0.25) is 4.79 Å². The Morgan fingerprint density at radius 3 is 2.75 bits per heavy atom. The molecule has 152 valence electrons. The van der Waals surface area contributed by atoms with Gasteiger partial charge in [0.05, 0.1) is 12.2 Å². The molecule has 1 fully saturated rings. The van der Waals surface area contributed by atoms with Gasteiger partial charge in [-0.1, -0.05) is 38.8 Å². The summed E-state index contributed by atoms with van der Waals surface area (Å²) in [6, 6.07) is 6.11. The van der Waals surface area contributed by atoms with Gasteiger partial charge >= 0.3 is 0 Å². The Balaban J connectivity index is 1.62. The number of nitrogens with zero attached hydrogens (tertiary/aromatic N) is 2. The molecule has 0 atom stereocenters. The molecule has 0 N–H and O–H groups in total. The first-order valence-corrected chi connectivity index (χ1v) is 11.2. The van der Waals surface area contributed by atoms with Crippen LogP contribution in [0.15, 0.2) is 23.6 Å². The van der Waals surface area contributed by atoms with E-state index in [4.69, 9.17) is 9.72 Å². The number of hydrogen-bond acceptors (Lipinski definition) is 4. The second-order valence-electron chi connectivity index (χ2n) is 8.31. The van der Waals surface area contributed by atoms with Crippen molar-refractivity contribution in [3.63, 3.8) is 0 Å². The third kappa shape index (κ3) is 5.34. The molecule has 4 nitrogen and oxygen atoms in total. The fourth-order valence-electron chi connectivity index (χ4n) is 3.81. The van der Waals surface area contributed by atoms with Crippen molar-refractivity contribution in [2.24, 2.45) is 11.8 Å². The second-order valence-corrected chi connectivity index (χ2v) is 9.26. The lowest BCUT2D eigenvalue weighted by atomic mass is 10.1. The van der Waals surface area contributed by atoms with E-state index >= 15 is 0 Å². The molecule has 0 saturated heterocycles. The summed E-state index contributed by atoms with van der Waals surface area (Å²) in [5.41, 5.74) is 3.37. The summed E-state index contributed by atoms with van der Waals surface area (Å²) in [6.07, 6.45) is 4.45. The minimum absolute atomic E-state index is 0.212. The quantitative estimate of drug-likeness (QED) is 0.586. The van der Waals surface area contributed by atoms with Gasteiger partial charge in [-0.05, 0) is 49.8 Å². The van der Waals surface area contributed by atoms with Gasteiger partial charge < -0.3 is 9.64 Å². The fraction of sp³-hybridized carbons (Fsp3) is 0.565. The third-order valence-electron chi connectivity index (χ3n) is 5.46. The van der Waals surface area contributed by atoms with Crippen LogP contribution in [-0.2, 0) is 17.9 Å². The highest BCUT2D eigenvalue weighted by atomic mass is 32.1. The van der Waals surface area contributed by atoms with Crippen molar-refractivity contribution in [2.75, 3.05) is 6.54 Å². The molecule has 0 bridgehead atoms. The molecule has 0 aliphatic heterocycles. The number of thiazole rings is 1. The fourth-order valence-corrected chi connectivity index (χ4v) is 4.50. The number of ether oxygens (including phenoxy) is 1. The van der Waals surface area contributed by atoms with Gasteiger partial charge in [-0.15, -0.1) is 11.3 Å². The summed E-state index contributed by atoms with van der Waals surface area (Å²) < 4.78 is 5.98. The van der Waals surface area contributed by atoms with Crippen LogP contribution >= 0.6 is 11.3 Å². The van der Waals surface area contributed by atoms with Gasteiger partial charge in [-0.2, -0.15) is 0 Å². The molecule has 1 heterocycles. The molecule has 1 aliphatic carbocycles. The van der Waals surface area contributed by atoms with Crippen LogP contribution < -0.4 is 4.74 Å². The predicted molar refractivity (Wildman–Crippen MR) is 115 cm³/mol. The van der Waals surface area contributed by atoms with Crippen LogP contribution in [0.1, 0.15) is 61.4 Å². The minimum atomic E-state index is 0.212. The summed E-state index contributed by atoms with van der Waals surface area (Å²) in [4.78, 5) is 19.7. The van der Waals surface area contributed by atoms with Crippen LogP contribution in [0.2, 0.25) is 0 Å². The van der Waals surface area contributed by atoms with Crippen molar-refractivity contribution < 1.29 is 9.53 Å². The van der Waals surface area contributed by atoms with Crippen molar-refractivity contribution in [1.29, 1.82) is 0 Å². The first kappa shape index (κ1) is 20.8. The maximum absolute atomic E-state index is 12.9. The molecule has 5 heteroatoms. The molecule has 1 saturated carbocycles. The lowest BCUT2D eigenvalue weighted by molar-refractivity contribution is -0.136. The summed E-state index contributed by atoms with van der Waals surface area (Å²) in [5, 5.41) is 3.02. The number of hydrogen-bond donors (Lipinski definition) is 0. The van der Waals surface area contributed by atoms with Gasteiger partial charge in [0.25, 0.3) is 0 Å². The molecule has 1 aromatic carbocycles. The van der Waals surface area contributed by atoms with E-state index in [0.717, 1.165) is 35.8 Å². The van der Waals surface area contributed by atoms with Crippen LogP contribution in [0.3, 0.4) is 0 Å². The van der Waals surface area contributed by atoms with E-state index in [1.54, 1.807) is 11.3 Å². The van der Waals surface area contributed by atoms with E-state index in [2.05, 4.69) is 39.1 Å². The second kappa shape index (κ2) is 9.55. The van der Waals surface area contributed by atoms with Gasteiger partial charge in [0.15, 0.2) is 0 Å². The SMILES string of the molecule is Cc1cccc(OCc2nc(CN(CC(C)C)C(=O)C3CCCC3)cs2)c1C. The Kier molecular flexibility index (Phi) is 7.11. The molecule has 0 unspecified atom stereocenters. The standard InChI is InChI=1S/C23H32N2O2S/c1-16(2)12-25(23(26)19-9-5-6-10-19)13-20-15-28-22(24-20)14-27-21-11-7-8-17(3)18(21)4/h7-8,11,15-16,19H,5-6,9-10,12-14H2,1-4H3. The normalized spacial score (nSPS) is 14.6. The van der Waals surface area contributed by atoms with Crippen LogP contribution in [0.25, 0.3) is 0 Å². The number of carbonyl (C=O) groups is 1. The van der Waals surface area contributed by atoms with E-state index < -0.39 is 0 Å². The predicted octanol–water partition coefficient (Wildman–Crippen LogP) is 5.51. The van der Waals surface area contributed by atoms with E-state index in [-0.39, 0.29) is 5.92 Å². The lowest BCUT2D eigenvalue weighted by Crippen LogP contribution is -2.37. The highest BCUT2D eigenvalue weighted by Crippen LogP contribution is 2.28. The summed E-state index contributed by atoms with van der Waals surface area (Å²) in [7, 11) is 0. The first-order valence-electron chi connectivity index (χ1n) is 10.3. The monoisotopic (exact) mass is 400 g/mol. The highest BCUT2D eigenvalue weighted by molar-refractivity contribution is 7.09. The number of amides is 1. The van der Waals surface area contributed by atoms with E-state index in [1.807, 2.05) is 17.0 Å². The molecule has 0 radical (unpaired) electrons. The van der Waals surface area contributed by atoms with Crippen molar-refractivity contribution in [1.82, 2.24) is 9.88 Å².